The molecule has 4 saturated carbocycles. The second kappa shape index (κ2) is 8.52. The maximum atomic E-state index is 14.0. The van der Waals surface area contributed by atoms with Gasteiger partial charge in [-0.05, 0) is 103 Å². The molecule has 0 aromatic heterocycles. The lowest BCUT2D eigenvalue weighted by Gasteiger charge is -2.57. The zero-order valence-corrected chi connectivity index (χ0v) is 20.6. The van der Waals surface area contributed by atoms with Crippen LogP contribution in [-0.4, -0.2) is 0 Å². The highest BCUT2D eigenvalue weighted by Crippen LogP contribution is 2.61. The first-order chi connectivity index (χ1) is 17.4. The molecule has 4 fully saturated rings. The first-order valence-corrected chi connectivity index (χ1v) is 13.0. The number of hydrogen-bond donors (Lipinski definition) is 0. The molecule has 37 heavy (non-hydrogen) atoms. The number of hydrogen-bond acceptors (Lipinski definition) is 0. The van der Waals surface area contributed by atoms with E-state index in [2.05, 4.69) is 0 Å². The normalized spacial score (nSPS) is 27.1. The van der Waals surface area contributed by atoms with Gasteiger partial charge in [-0.3, -0.25) is 0 Å². The Balaban J connectivity index is 1.63. The van der Waals surface area contributed by atoms with E-state index in [1.165, 1.54) is 55.7 Å². The van der Waals surface area contributed by atoms with Crippen LogP contribution in [0.25, 0.3) is 22.3 Å². The lowest BCUT2D eigenvalue weighted by molar-refractivity contribution is -0.137. The Morgan fingerprint density at radius 3 is 1.35 bits per heavy atom. The van der Waals surface area contributed by atoms with E-state index in [-0.39, 0.29) is 32.7 Å². The number of rotatable bonds is 3. The summed E-state index contributed by atoms with van der Waals surface area (Å²) in [6, 6.07) is 13.8. The van der Waals surface area contributed by atoms with Crippen LogP contribution < -0.4 is 0 Å². The van der Waals surface area contributed by atoms with Crippen LogP contribution in [0.15, 0.2) is 60.7 Å². The summed E-state index contributed by atoms with van der Waals surface area (Å²) in [6.45, 7) is 0. The van der Waals surface area contributed by atoms with Crippen molar-refractivity contribution in [1.82, 2.24) is 0 Å². The second-order valence-corrected chi connectivity index (χ2v) is 11.5. The number of benzene rings is 3. The summed E-state index contributed by atoms with van der Waals surface area (Å²) in [6.07, 6.45) is -3.02. The van der Waals surface area contributed by atoms with E-state index in [0.29, 0.717) is 17.8 Å². The monoisotopic (exact) mass is 534 g/mol. The number of alkyl halides is 6. The smallest absolute Gasteiger partial charge is 0.166 e. The summed E-state index contributed by atoms with van der Waals surface area (Å²) in [5, 5.41) is -0.0955. The Kier molecular flexibility index (Phi) is 5.72. The minimum atomic E-state index is -4.64. The molecule has 7 rings (SSSR count). The van der Waals surface area contributed by atoms with Crippen LogP contribution in [0, 0.1) is 17.8 Å². The Morgan fingerprint density at radius 1 is 0.595 bits per heavy atom. The Bertz CT molecular complexity index is 1240. The van der Waals surface area contributed by atoms with E-state index in [9.17, 15) is 26.3 Å². The molecular weight excluding hydrogens is 510 g/mol. The van der Waals surface area contributed by atoms with E-state index in [0.717, 1.165) is 37.0 Å². The standard InChI is InChI=1S/C30H25ClF6/c31-27-23(21-5-1-3-7-25(21)29(32,33)34)12-20(28-14-17-9-18(15-28)11-19(10-17)16-28)13-24(27)22-6-2-4-8-26(22)30(35,36)37/h1-8,12-13,17-19H,9-11,14-16H2. The van der Waals surface area contributed by atoms with Crippen molar-refractivity contribution < 1.29 is 26.3 Å². The maximum Gasteiger partial charge on any atom is 0.417 e. The van der Waals surface area contributed by atoms with Crippen molar-refractivity contribution in [2.24, 2.45) is 17.8 Å². The van der Waals surface area contributed by atoms with Crippen LogP contribution in [0.2, 0.25) is 5.02 Å². The highest BCUT2D eigenvalue weighted by molar-refractivity contribution is 6.36. The van der Waals surface area contributed by atoms with Crippen LogP contribution in [-0.2, 0) is 17.8 Å². The zero-order valence-electron chi connectivity index (χ0n) is 19.9. The second-order valence-electron chi connectivity index (χ2n) is 11.2. The molecule has 0 atom stereocenters. The topological polar surface area (TPSA) is 0 Å². The summed E-state index contributed by atoms with van der Waals surface area (Å²) >= 11 is 6.77. The molecule has 3 aromatic carbocycles. The van der Waals surface area contributed by atoms with Gasteiger partial charge in [0.2, 0.25) is 0 Å². The van der Waals surface area contributed by atoms with Crippen molar-refractivity contribution in [2.45, 2.75) is 56.3 Å². The van der Waals surface area contributed by atoms with Gasteiger partial charge in [-0.25, -0.2) is 0 Å². The average Bonchev–Trinajstić information content (AvgIpc) is 2.82. The largest absolute Gasteiger partial charge is 0.417 e. The lowest BCUT2D eigenvalue weighted by atomic mass is 9.48. The third-order valence-electron chi connectivity index (χ3n) is 8.77. The predicted molar refractivity (Wildman–Crippen MR) is 132 cm³/mol. The van der Waals surface area contributed by atoms with Crippen molar-refractivity contribution in [3.63, 3.8) is 0 Å². The highest BCUT2D eigenvalue weighted by Gasteiger charge is 2.52. The highest BCUT2D eigenvalue weighted by atomic mass is 35.5. The van der Waals surface area contributed by atoms with Gasteiger partial charge in [0.25, 0.3) is 0 Å². The molecule has 0 amide bonds. The van der Waals surface area contributed by atoms with Gasteiger partial charge in [-0.2, -0.15) is 26.3 Å². The SMILES string of the molecule is FC(F)(F)c1ccccc1-c1cc(C23CC4CC(CC(C4)C2)C3)cc(-c2ccccc2C(F)(F)F)c1Cl. The molecule has 0 spiro atoms. The van der Waals surface area contributed by atoms with Crippen LogP contribution in [0.4, 0.5) is 26.3 Å². The van der Waals surface area contributed by atoms with Gasteiger partial charge in [0, 0.05) is 11.1 Å². The van der Waals surface area contributed by atoms with Crippen molar-refractivity contribution >= 4 is 11.6 Å². The van der Waals surface area contributed by atoms with Gasteiger partial charge < -0.3 is 0 Å². The molecule has 3 aromatic rings. The van der Waals surface area contributed by atoms with Gasteiger partial charge in [-0.1, -0.05) is 48.0 Å². The van der Waals surface area contributed by atoms with E-state index < -0.39 is 23.5 Å². The average molecular weight is 535 g/mol. The molecule has 4 aliphatic carbocycles. The fraction of sp³-hybridized carbons (Fsp3) is 0.400. The maximum absolute atomic E-state index is 14.0. The molecule has 194 valence electrons. The molecule has 0 N–H and O–H groups in total. The molecule has 0 aliphatic heterocycles. The Hall–Kier alpha value is -2.47. The van der Waals surface area contributed by atoms with Crippen molar-refractivity contribution in [3.05, 3.63) is 82.4 Å². The van der Waals surface area contributed by atoms with Gasteiger partial charge in [0.1, 0.15) is 0 Å². The molecular formula is C30H25ClF6. The molecule has 0 nitrogen and oxygen atoms in total. The summed E-state index contributed by atoms with van der Waals surface area (Å²) in [5.74, 6) is 1.66. The van der Waals surface area contributed by atoms with Gasteiger partial charge in [-0.15, -0.1) is 0 Å². The van der Waals surface area contributed by atoms with Crippen molar-refractivity contribution in [1.29, 1.82) is 0 Å². The first-order valence-electron chi connectivity index (χ1n) is 12.6. The van der Waals surface area contributed by atoms with E-state index in [4.69, 9.17) is 11.6 Å². The predicted octanol–water partition coefficient (Wildman–Crippen LogP) is 10.2. The zero-order chi connectivity index (χ0) is 26.2. The summed E-state index contributed by atoms with van der Waals surface area (Å²) in [7, 11) is 0. The molecule has 0 heterocycles. The van der Waals surface area contributed by atoms with Gasteiger partial charge in [0.05, 0.1) is 16.1 Å². The van der Waals surface area contributed by atoms with Crippen LogP contribution in [0.1, 0.15) is 55.2 Å². The minimum Gasteiger partial charge on any atom is -0.166 e. The fourth-order valence-electron chi connectivity index (χ4n) is 7.72. The molecule has 4 bridgehead atoms. The van der Waals surface area contributed by atoms with Gasteiger partial charge in [0.15, 0.2) is 0 Å². The molecule has 7 heteroatoms. The van der Waals surface area contributed by atoms with Crippen LogP contribution in [0.5, 0.6) is 0 Å². The summed E-state index contributed by atoms with van der Waals surface area (Å²) < 4.78 is 84.2. The third kappa shape index (κ3) is 4.25. The van der Waals surface area contributed by atoms with Crippen molar-refractivity contribution in [3.8, 4) is 22.3 Å². The van der Waals surface area contributed by atoms with Crippen molar-refractivity contribution in [2.75, 3.05) is 0 Å². The molecule has 4 aliphatic rings. The molecule has 0 radical (unpaired) electrons. The van der Waals surface area contributed by atoms with E-state index in [1.54, 1.807) is 12.1 Å². The van der Waals surface area contributed by atoms with Crippen LogP contribution in [0.3, 0.4) is 0 Å². The fourth-order valence-corrected chi connectivity index (χ4v) is 8.03. The first kappa shape index (κ1) is 24.8. The quantitative estimate of drug-likeness (QED) is 0.293. The Morgan fingerprint density at radius 2 is 0.973 bits per heavy atom. The molecule has 0 saturated heterocycles. The minimum absolute atomic E-state index is 0.0955. The lowest BCUT2D eigenvalue weighted by Crippen LogP contribution is -2.48. The van der Waals surface area contributed by atoms with E-state index >= 15 is 0 Å². The summed E-state index contributed by atoms with van der Waals surface area (Å²) in [5.41, 5.74) is -1.10. The summed E-state index contributed by atoms with van der Waals surface area (Å²) in [4.78, 5) is 0. The van der Waals surface area contributed by atoms with E-state index in [1.807, 2.05) is 0 Å². The third-order valence-corrected chi connectivity index (χ3v) is 9.18. The Labute approximate surface area is 216 Å². The molecule has 0 unspecified atom stereocenters. The number of halogens is 7. The van der Waals surface area contributed by atoms with Crippen LogP contribution >= 0.6 is 11.6 Å². The van der Waals surface area contributed by atoms with Gasteiger partial charge >= 0.3 is 12.4 Å².